The van der Waals surface area contributed by atoms with Gasteiger partial charge in [-0.2, -0.15) is 4.98 Å². The summed E-state index contributed by atoms with van der Waals surface area (Å²) in [6, 6.07) is 10.2. The second kappa shape index (κ2) is 5.49. The summed E-state index contributed by atoms with van der Waals surface area (Å²) in [6.45, 7) is 4.03. The molecule has 2 aromatic rings. The lowest BCUT2D eigenvalue weighted by atomic mass is 10.1. The number of aromatic nitrogens is 2. The minimum atomic E-state index is 0.583. The van der Waals surface area contributed by atoms with E-state index in [4.69, 9.17) is 10.7 Å². The summed E-state index contributed by atoms with van der Waals surface area (Å²) in [4.78, 5) is 11.5. The molecule has 3 rings (SSSR count). The zero-order chi connectivity index (χ0) is 13.9. The first kappa shape index (κ1) is 12.9. The Morgan fingerprint density at radius 3 is 2.40 bits per heavy atom. The summed E-state index contributed by atoms with van der Waals surface area (Å²) < 4.78 is 0. The van der Waals surface area contributed by atoms with E-state index in [2.05, 4.69) is 22.0 Å². The molecule has 0 radical (unpaired) electrons. The fraction of sp³-hybridized carbons (Fsp3) is 0.375. The van der Waals surface area contributed by atoms with Crippen LogP contribution in [0.5, 0.6) is 0 Å². The van der Waals surface area contributed by atoms with Gasteiger partial charge in [-0.15, -0.1) is 0 Å². The first-order valence-corrected chi connectivity index (χ1v) is 7.20. The molecule has 1 saturated heterocycles. The van der Waals surface area contributed by atoms with Gasteiger partial charge >= 0.3 is 0 Å². The van der Waals surface area contributed by atoms with Crippen LogP contribution in [0.2, 0.25) is 0 Å². The zero-order valence-electron chi connectivity index (χ0n) is 11.8. The normalized spacial score (nSPS) is 15.3. The smallest absolute Gasteiger partial charge is 0.227 e. The highest BCUT2D eigenvalue weighted by molar-refractivity contribution is 5.69. The van der Waals surface area contributed by atoms with Crippen LogP contribution >= 0.6 is 0 Å². The van der Waals surface area contributed by atoms with Gasteiger partial charge in [0.15, 0.2) is 0 Å². The molecule has 2 N–H and O–H groups in total. The predicted molar refractivity (Wildman–Crippen MR) is 82.7 cm³/mol. The zero-order valence-corrected chi connectivity index (χ0v) is 11.8. The SMILES string of the molecule is Cc1c(N)nc(N2CCCCC2)nc1-c1ccccc1. The number of rotatable bonds is 2. The Morgan fingerprint density at radius 2 is 1.70 bits per heavy atom. The maximum Gasteiger partial charge on any atom is 0.227 e. The second-order valence-corrected chi connectivity index (χ2v) is 5.30. The Kier molecular flexibility index (Phi) is 3.54. The van der Waals surface area contributed by atoms with E-state index in [1.54, 1.807) is 0 Å². The van der Waals surface area contributed by atoms with Crippen molar-refractivity contribution in [1.29, 1.82) is 0 Å². The predicted octanol–water partition coefficient (Wildman–Crippen LogP) is 3.02. The highest BCUT2D eigenvalue weighted by Crippen LogP contribution is 2.27. The monoisotopic (exact) mass is 268 g/mol. The van der Waals surface area contributed by atoms with Crippen LogP contribution in [0.15, 0.2) is 30.3 Å². The molecule has 1 fully saturated rings. The van der Waals surface area contributed by atoms with Crippen LogP contribution < -0.4 is 10.6 Å². The van der Waals surface area contributed by atoms with Crippen molar-refractivity contribution in [2.24, 2.45) is 0 Å². The third-order valence-corrected chi connectivity index (χ3v) is 3.86. The lowest BCUT2D eigenvalue weighted by Gasteiger charge is -2.27. The van der Waals surface area contributed by atoms with Gasteiger partial charge in [0.25, 0.3) is 0 Å². The molecule has 0 spiro atoms. The molecule has 1 aromatic carbocycles. The average molecular weight is 268 g/mol. The molecule has 20 heavy (non-hydrogen) atoms. The van der Waals surface area contributed by atoms with Crippen LogP contribution in [0.1, 0.15) is 24.8 Å². The van der Waals surface area contributed by atoms with Crippen LogP contribution in [0.25, 0.3) is 11.3 Å². The first-order chi connectivity index (χ1) is 9.75. The number of nitrogens with two attached hydrogens (primary N) is 1. The molecule has 0 bridgehead atoms. The van der Waals surface area contributed by atoms with Gasteiger partial charge in [0.2, 0.25) is 5.95 Å². The number of nitrogens with zero attached hydrogens (tertiary/aromatic N) is 3. The molecule has 1 aromatic heterocycles. The van der Waals surface area contributed by atoms with Crippen molar-refractivity contribution in [3.05, 3.63) is 35.9 Å². The van der Waals surface area contributed by atoms with E-state index in [1.165, 1.54) is 19.3 Å². The van der Waals surface area contributed by atoms with Gasteiger partial charge in [-0.25, -0.2) is 4.98 Å². The molecule has 4 nitrogen and oxygen atoms in total. The van der Waals surface area contributed by atoms with Crippen LogP contribution in [-0.4, -0.2) is 23.1 Å². The van der Waals surface area contributed by atoms with E-state index >= 15 is 0 Å². The van der Waals surface area contributed by atoms with E-state index in [1.807, 2.05) is 25.1 Å². The van der Waals surface area contributed by atoms with E-state index in [9.17, 15) is 0 Å². The summed E-state index contributed by atoms with van der Waals surface area (Å²) >= 11 is 0. The molecule has 0 saturated carbocycles. The topological polar surface area (TPSA) is 55.0 Å². The van der Waals surface area contributed by atoms with E-state index < -0.39 is 0 Å². The lowest BCUT2D eigenvalue weighted by Crippen LogP contribution is -2.31. The second-order valence-electron chi connectivity index (χ2n) is 5.30. The number of hydrogen-bond acceptors (Lipinski definition) is 4. The van der Waals surface area contributed by atoms with Crippen LogP contribution in [0, 0.1) is 6.92 Å². The van der Waals surface area contributed by atoms with Gasteiger partial charge in [-0.1, -0.05) is 30.3 Å². The minimum absolute atomic E-state index is 0.583. The molecule has 1 aliphatic rings. The molecule has 1 aliphatic heterocycles. The van der Waals surface area contributed by atoms with Gasteiger partial charge in [0.1, 0.15) is 5.82 Å². The van der Waals surface area contributed by atoms with Gasteiger partial charge in [0.05, 0.1) is 5.69 Å². The molecule has 0 aliphatic carbocycles. The minimum Gasteiger partial charge on any atom is -0.383 e. The maximum absolute atomic E-state index is 6.09. The standard InChI is InChI=1S/C16H20N4/c1-12-14(13-8-4-2-5-9-13)18-16(19-15(12)17)20-10-6-3-7-11-20/h2,4-5,8-9H,3,6-7,10-11H2,1H3,(H2,17,18,19). The Balaban J connectivity index is 2.03. The Bertz CT molecular complexity index is 589. The summed E-state index contributed by atoms with van der Waals surface area (Å²) in [5.41, 5.74) is 9.08. The number of nitrogen functional groups attached to an aromatic ring is 1. The van der Waals surface area contributed by atoms with E-state index in [0.717, 1.165) is 35.9 Å². The molecule has 4 heteroatoms. The third kappa shape index (κ3) is 2.46. The van der Waals surface area contributed by atoms with Crippen LogP contribution in [-0.2, 0) is 0 Å². The van der Waals surface area contributed by atoms with Gasteiger partial charge in [-0.3, -0.25) is 0 Å². The fourth-order valence-corrected chi connectivity index (χ4v) is 2.63. The highest BCUT2D eigenvalue weighted by Gasteiger charge is 2.17. The first-order valence-electron chi connectivity index (χ1n) is 7.20. The quantitative estimate of drug-likeness (QED) is 0.909. The Morgan fingerprint density at radius 1 is 1.00 bits per heavy atom. The molecular formula is C16H20N4. The van der Waals surface area contributed by atoms with Crippen molar-refractivity contribution >= 4 is 11.8 Å². The van der Waals surface area contributed by atoms with Gasteiger partial charge in [0, 0.05) is 24.2 Å². The van der Waals surface area contributed by atoms with E-state index in [0.29, 0.717) is 5.82 Å². The molecule has 0 amide bonds. The van der Waals surface area contributed by atoms with Crippen LogP contribution in [0.4, 0.5) is 11.8 Å². The largest absolute Gasteiger partial charge is 0.383 e. The lowest BCUT2D eigenvalue weighted by molar-refractivity contribution is 0.568. The van der Waals surface area contributed by atoms with Crippen molar-refractivity contribution in [2.75, 3.05) is 23.7 Å². The van der Waals surface area contributed by atoms with Crippen molar-refractivity contribution in [1.82, 2.24) is 9.97 Å². The van der Waals surface area contributed by atoms with Crippen molar-refractivity contribution < 1.29 is 0 Å². The van der Waals surface area contributed by atoms with Gasteiger partial charge < -0.3 is 10.6 Å². The Hall–Kier alpha value is -2.10. The van der Waals surface area contributed by atoms with Crippen molar-refractivity contribution in [3.63, 3.8) is 0 Å². The third-order valence-electron chi connectivity index (χ3n) is 3.86. The number of hydrogen-bond donors (Lipinski definition) is 1. The van der Waals surface area contributed by atoms with Crippen molar-refractivity contribution in [3.8, 4) is 11.3 Å². The van der Waals surface area contributed by atoms with Crippen molar-refractivity contribution in [2.45, 2.75) is 26.2 Å². The summed E-state index contributed by atoms with van der Waals surface area (Å²) in [7, 11) is 0. The summed E-state index contributed by atoms with van der Waals surface area (Å²) in [6.07, 6.45) is 3.71. The molecule has 0 unspecified atom stereocenters. The number of anilines is 2. The van der Waals surface area contributed by atoms with E-state index in [-0.39, 0.29) is 0 Å². The summed E-state index contributed by atoms with van der Waals surface area (Å²) in [5, 5.41) is 0. The maximum atomic E-state index is 6.09. The number of piperidine rings is 1. The molecule has 104 valence electrons. The molecule has 2 heterocycles. The Labute approximate surface area is 119 Å². The highest BCUT2D eigenvalue weighted by atomic mass is 15.3. The molecular weight excluding hydrogens is 248 g/mol. The van der Waals surface area contributed by atoms with Gasteiger partial charge in [-0.05, 0) is 26.2 Å². The average Bonchev–Trinajstić information content (AvgIpc) is 2.51. The molecule has 0 atom stereocenters. The summed E-state index contributed by atoms with van der Waals surface area (Å²) in [5.74, 6) is 1.35. The number of benzene rings is 1. The van der Waals surface area contributed by atoms with Crippen LogP contribution in [0.3, 0.4) is 0 Å². The fourth-order valence-electron chi connectivity index (χ4n) is 2.63.